The second-order valence-corrected chi connectivity index (χ2v) is 5.90. The predicted molar refractivity (Wildman–Crippen MR) is 80.5 cm³/mol. The molecule has 1 aliphatic rings. The molecule has 0 heterocycles. The zero-order valence-corrected chi connectivity index (χ0v) is 13.4. The quantitative estimate of drug-likeness (QED) is 0.758. The highest BCUT2D eigenvalue weighted by Crippen LogP contribution is 2.49. The van der Waals surface area contributed by atoms with Gasteiger partial charge in [0, 0.05) is 32.8 Å². The number of hydrogen-bond donors (Lipinski definition) is 0. The smallest absolute Gasteiger partial charge is 0.236 e. The van der Waals surface area contributed by atoms with Crippen LogP contribution in [0.5, 0.6) is 0 Å². The second-order valence-electron chi connectivity index (χ2n) is 5.47. The van der Waals surface area contributed by atoms with E-state index in [0.29, 0.717) is 30.9 Å². The van der Waals surface area contributed by atoms with Crippen molar-refractivity contribution in [1.82, 2.24) is 0 Å². The molecule has 1 fully saturated rings. The van der Waals surface area contributed by atoms with Gasteiger partial charge in [0.15, 0.2) is 5.78 Å². The Labute approximate surface area is 130 Å². The van der Waals surface area contributed by atoms with E-state index in [2.05, 4.69) is 0 Å². The minimum atomic E-state index is -1.26. The van der Waals surface area contributed by atoms with E-state index in [0.717, 1.165) is 5.56 Å². The number of carbonyl (C=O) groups is 1. The van der Waals surface area contributed by atoms with Crippen molar-refractivity contribution in [2.75, 3.05) is 27.9 Å². The van der Waals surface area contributed by atoms with Crippen molar-refractivity contribution in [2.45, 2.75) is 25.0 Å². The molecule has 0 spiro atoms. The van der Waals surface area contributed by atoms with Crippen LogP contribution < -0.4 is 0 Å². The van der Waals surface area contributed by atoms with Gasteiger partial charge in [0.1, 0.15) is 0 Å². The van der Waals surface area contributed by atoms with E-state index in [1.54, 1.807) is 7.11 Å². The average Bonchev–Trinajstić information content (AvgIpc) is 2.72. The minimum Gasteiger partial charge on any atom is -0.384 e. The van der Waals surface area contributed by atoms with E-state index in [4.69, 9.17) is 25.8 Å². The highest BCUT2D eigenvalue weighted by atomic mass is 35.5. The molecule has 21 heavy (non-hydrogen) atoms. The molecule has 0 saturated heterocycles. The molecule has 4 nitrogen and oxygen atoms in total. The van der Waals surface area contributed by atoms with Crippen LogP contribution in [0.25, 0.3) is 0 Å². The lowest BCUT2D eigenvalue weighted by molar-refractivity contribution is -0.256. The Morgan fingerprint density at radius 2 is 1.95 bits per heavy atom. The van der Waals surface area contributed by atoms with Crippen molar-refractivity contribution < 1.29 is 19.0 Å². The van der Waals surface area contributed by atoms with E-state index in [1.165, 1.54) is 14.2 Å². The van der Waals surface area contributed by atoms with Crippen molar-refractivity contribution >= 4 is 17.4 Å². The van der Waals surface area contributed by atoms with Crippen molar-refractivity contribution in [2.24, 2.45) is 5.41 Å². The minimum absolute atomic E-state index is 0.0356. The first kappa shape index (κ1) is 16.4. The molecule has 116 valence electrons. The Hall–Kier alpha value is -0.940. The molecule has 1 unspecified atom stereocenters. The van der Waals surface area contributed by atoms with Gasteiger partial charge in [-0.25, -0.2) is 0 Å². The topological polar surface area (TPSA) is 44.8 Å². The summed E-state index contributed by atoms with van der Waals surface area (Å²) in [7, 11) is 4.64. The molecule has 0 amide bonds. The van der Waals surface area contributed by atoms with Gasteiger partial charge >= 0.3 is 0 Å². The highest BCUT2D eigenvalue weighted by Gasteiger charge is 2.62. The molecule has 2 rings (SSSR count). The molecular weight excluding hydrogens is 292 g/mol. The average molecular weight is 313 g/mol. The van der Waals surface area contributed by atoms with Crippen LogP contribution >= 0.6 is 11.6 Å². The first-order chi connectivity index (χ1) is 10.0. The number of methoxy groups -OCH3 is 3. The third-order valence-electron chi connectivity index (χ3n) is 4.32. The van der Waals surface area contributed by atoms with Crippen LogP contribution in [-0.4, -0.2) is 39.5 Å². The fourth-order valence-corrected chi connectivity index (χ4v) is 3.67. The molecule has 1 aromatic carbocycles. The van der Waals surface area contributed by atoms with Crippen LogP contribution in [0.1, 0.15) is 18.4 Å². The van der Waals surface area contributed by atoms with Gasteiger partial charge in [0.25, 0.3) is 0 Å². The Morgan fingerprint density at radius 3 is 2.52 bits per heavy atom. The summed E-state index contributed by atoms with van der Waals surface area (Å²) in [5.74, 6) is -1.29. The first-order valence-corrected chi connectivity index (χ1v) is 7.28. The van der Waals surface area contributed by atoms with Crippen LogP contribution in [-0.2, 0) is 25.4 Å². The molecule has 0 radical (unpaired) electrons. The molecular formula is C16H21ClO4. The number of halogens is 1. The van der Waals surface area contributed by atoms with Gasteiger partial charge in [-0.1, -0.05) is 23.7 Å². The summed E-state index contributed by atoms with van der Waals surface area (Å²) in [6, 6.07) is 7.62. The summed E-state index contributed by atoms with van der Waals surface area (Å²) in [6.07, 6.45) is 1.69. The van der Waals surface area contributed by atoms with Crippen molar-refractivity contribution in [3.63, 3.8) is 0 Å². The van der Waals surface area contributed by atoms with E-state index < -0.39 is 11.2 Å². The standard InChI is InChI=1S/C16H21ClO4/c1-19-11-15(10-12-5-4-6-13(17)9-12)8-7-14(18)16(15,20-2)21-3/h4-6,9H,7-8,10-11H2,1-3H3. The fraction of sp³-hybridized carbons (Fsp3) is 0.562. The van der Waals surface area contributed by atoms with Crippen LogP contribution in [0.15, 0.2) is 24.3 Å². The third-order valence-corrected chi connectivity index (χ3v) is 4.56. The van der Waals surface area contributed by atoms with E-state index in [9.17, 15) is 4.79 Å². The Balaban J connectivity index is 2.42. The van der Waals surface area contributed by atoms with Crippen molar-refractivity contribution in [1.29, 1.82) is 0 Å². The number of ketones is 1. The van der Waals surface area contributed by atoms with Crippen LogP contribution in [0.2, 0.25) is 5.02 Å². The van der Waals surface area contributed by atoms with Gasteiger partial charge in [0.2, 0.25) is 5.79 Å². The molecule has 1 saturated carbocycles. The Kier molecular flexibility index (Phi) is 5.04. The summed E-state index contributed by atoms with van der Waals surface area (Å²) in [5, 5.41) is 0.671. The monoisotopic (exact) mass is 312 g/mol. The van der Waals surface area contributed by atoms with Gasteiger partial charge < -0.3 is 14.2 Å². The maximum Gasteiger partial charge on any atom is 0.236 e. The van der Waals surface area contributed by atoms with E-state index in [-0.39, 0.29) is 5.78 Å². The van der Waals surface area contributed by atoms with Gasteiger partial charge in [-0.3, -0.25) is 4.79 Å². The molecule has 0 aromatic heterocycles. The lowest BCUT2D eigenvalue weighted by atomic mass is 9.76. The summed E-state index contributed by atoms with van der Waals surface area (Å²) in [6.45, 7) is 0.382. The largest absolute Gasteiger partial charge is 0.384 e. The number of Topliss-reactive ketones (excluding diaryl/α,β-unsaturated/α-hetero) is 1. The molecule has 0 aliphatic heterocycles. The zero-order valence-electron chi connectivity index (χ0n) is 12.6. The summed E-state index contributed by atoms with van der Waals surface area (Å²) in [4.78, 5) is 12.4. The van der Waals surface area contributed by atoms with Crippen molar-refractivity contribution in [3.05, 3.63) is 34.9 Å². The molecule has 1 aliphatic carbocycles. The van der Waals surface area contributed by atoms with Crippen LogP contribution in [0.3, 0.4) is 0 Å². The number of benzene rings is 1. The predicted octanol–water partition coefficient (Wildman–Crippen LogP) is 2.87. The Morgan fingerprint density at radius 1 is 1.24 bits per heavy atom. The number of hydrogen-bond acceptors (Lipinski definition) is 4. The molecule has 0 N–H and O–H groups in total. The van der Waals surface area contributed by atoms with Crippen LogP contribution in [0, 0.1) is 5.41 Å². The fourth-order valence-electron chi connectivity index (χ4n) is 3.46. The summed E-state index contributed by atoms with van der Waals surface area (Å²) >= 11 is 6.06. The summed E-state index contributed by atoms with van der Waals surface area (Å²) < 4.78 is 16.5. The first-order valence-electron chi connectivity index (χ1n) is 6.90. The van der Waals surface area contributed by atoms with Crippen LogP contribution in [0.4, 0.5) is 0 Å². The second kappa shape index (κ2) is 6.44. The Bertz CT molecular complexity index is 513. The van der Waals surface area contributed by atoms with Gasteiger partial charge in [-0.05, 0) is 30.5 Å². The molecule has 0 bridgehead atoms. The lowest BCUT2D eigenvalue weighted by Crippen LogP contribution is -2.55. The number of rotatable bonds is 6. The van der Waals surface area contributed by atoms with Crippen molar-refractivity contribution in [3.8, 4) is 0 Å². The number of carbonyl (C=O) groups excluding carboxylic acids is 1. The molecule has 1 aromatic rings. The van der Waals surface area contributed by atoms with E-state index in [1.807, 2.05) is 24.3 Å². The number of ether oxygens (including phenoxy) is 3. The molecule has 5 heteroatoms. The normalized spacial score (nSPS) is 24.5. The van der Waals surface area contributed by atoms with Gasteiger partial charge in [0.05, 0.1) is 12.0 Å². The van der Waals surface area contributed by atoms with Gasteiger partial charge in [-0.15, -0.1) is 0 Å². The zero-order chi connectivity index (χ0) is 15.5. The molecule has 1 atom stereocenters. The van der Waals surface area contributed by atoms with E-state index >= 15 is 0 Å². The highest BCUT2D eigenvalue weighted by molar-refractivity contribution is 6.30. The SMILES string of the molecule is COCC1(Cc2cccc(Cl)c2)CCC(=O)C1(OC)OC. The third kappa shape index (κ3) is 2.73. The maximum absolute atomic E-state index is 12.4. The summed E-state index contributed by atoms with van der Waals surface area (Å²) in [5.41, 5.74) is 0.486. The van der Waals surface area contributed by atoms with Gasteiger partial charge in [-0.2, -0.15) is 0 Å². The maximum atomic E-state index is 12.4. The lowest BCUT2D eigenvalue weighted by Gasteiger charge is -2.42.